The monoisotopic (exact) mass is 460 g/mol. The fraction of sp³-hybridized carbons (Fsp3) is 0.793. The van der Waals surface area contributed by atoms with Gasteiger partial charge in [0.1, 0.15) is 0 Å². The zero-order valence-electron chi connectivity index (χ0n) is 23.0. The lowest BCUT2D eigenvalue weighted by Crippen LogP contribution is -2.58. The van der Waals surface area contributed by atoms with Gasteiger partial charge in [0.25, 0.3) is 0 Å². The normalized spacial score (nSPS) is 31.3. The highest BCUT2D eigenvalue weighted by molar-refractivity contribution is 6.74. The van der Waals surface area contributed by atoms with Crippen molar-refractivity contribution in [3.63, 3.8) is 0 Å². The standard InChI is InChI=1S/C29H52O2Si/c1-13-16-22-29(27(10,11)20-14-2)24(23-19-17-18-21-28(23,12)15-3)30-32(31-29,25(4,5)6)26(7,8)9/h14-15,19,24H,2-3,13,16-18,20-22H2,1,4-12H3/t24-,28+,29+/m1/s1. The first-order valence-electron chi connectivity index (χ1n) is 12.9. The Hall–Kier alpha value is -0.643. The van der Waals surface area contributed by atoms with Crippen molar-refractivity contribution in [2.45, 2.75) is 136 Å². The van der Waals surface area contributed by atoms with Gasteiger partial charge in [-0.05, 0) is 43.1 Å². The van der Waals surface area contributed by atoms with Crippen molar-refractivity contribution in [3.8, 4) is 0 Å². The first kappa shape index (κ1) is 27.6. The van der Waals surface area contributed by atoms with E-state index in [1.54, 1.807) is 0 Å². The van der Waals surface area contributed by atoms with Crippen LogP contribution in [0.15, 0.2) is 37.0 Å². The van der Waals surface area contributed by atoms with Crippen LogP contribution < -0.4 is 0 Å². The summed E-state index contributed by atoms with van der Waals surface area (Å²) in [5, 5.41) is -0.108. The van der Waals surface area contributed by atoms with Gasteiger partial charge in [0.15, 0.2) is 0 Å². The predicted molar refractivity (Wildman–Crippen MR) is 142 cm³/mol. The number of rotatable bonds is 8. The Kier molecular flexibility index (Phi) is 7.93. The summed E-state index contributed by atoms with van der Waals surface area (Å²) in [6, 6.07) is 0. The van der Waals surface area contributed by atoms with E-state index >= 15 is 0 Å². The zero-order chi connectivity index (χ0) is 24.6. The minimum Gasteiger partial charge on any atom is -0.384 e. The number of allylic oxidation sites excluding steroid dienone is 3. The van der Waals surface area contributed by atoms with E-state index in [2.05, 4.69) is 101 Å². The summed E-state index contributed by atoms with van der Waals surface area (Å²) in [6.07, 6.45) is 14.3. The topological polar surface area (TPSA) is 18.5 Å². The number of unbranched alkanes of at least 4 members (excludes halogenated alkanes) is 1. The van der Waals surface area contributed by atoms with E-state index in [0.717, 1.165) is 38.5 Å². The second-order valence-corrected chi connectivity index (χ2v) is 17.9. The van der Waals surface area contributed by atoms with E-state index in [1.165, 1.54) is 12.0 Å². The van der Waals surface area contributed by atoms with E-state index in [0.29, 0.717) is 0 Å². The summed E-state index contributed by atoms with van der Waals surface area (Å²) in [5.74, 6) is 0. The minimum atomic E-state index is -2.69. The van der Waals surface area contributed by atoms with E-state index in [1.807, 2.05) is 0 Å². The fourth-order valence-electron chi connectivity index (χ4n) is 6.41. The minimum absolute atomic E-state index is 0.0441. The smallest absolute Gasteiger partial charge is 0.350 e. The number of hydrogen-bond acceptors (Lipinski definition) is 2. The Morgan fingerprint density at radius 1 is 1.09 bits per heavy atom. The van der Waals surface area contributed by atoms with Crippen LogP contribution in [0.4, 0.5) is 0 Å². The molecule has 0 aromatic heterocycles. The molecular weight excluding hydrogens is 408 g/mol. The second-order valence-electron chi connectivity index (χ2n) is 13.3. The van der Waals surface area contributed by atoms with Crippen LogP contribution in [0, 0.1) is 10.8 Å². The largest absolute Gasteiger partial charge is 0.384 e. The summed E-state index contributed by atoms with van der Waals surface area (Å²) in [7, 11) is -2.69. The second kappa shape index (κ2) is 9.19. The van der Waals surface area contributed by atoms with Crippen molar-refractivity contribution < 1.29 is 8.85 Å². The molecule has 1 saturated heterocycles. The van der Waals surface area contributed by atoms with Crippen LogP contribution in [-0.2, 0) is 8.85 Å². The highest BCUT2D eigenvalue weighted by Crippen LogP contribution is 2.65. The molecule has 1 fully saturated rings. The predicted octanol–water partition coefficient (Wildman–Crippen LogP) is 9.28. The molecule has 0 spiro atoms. The molecule has 3 heteroatoms. The van der Waals surface area contributed by atoms with Gasteiger partial charge in [-0.15, -0.1) is 13.2 Å². The molecular formula is C29H52O2Si. The third-order valence-electron chi connectivity index (χ3n) is 8.37. The van der Waals surface area contributed by atoms with Gasteiger partial charge in [-0.2, -0.15) is 0 Å². The third kappa shape index (κ3) is 4.39. The van der Waals surface area contributed by atoms with Crippen molar-refractivity contribution >= 4 is 8.56 Å². The van der Waals surface area contributed by atoms with Crippen molar-refractivity contribution in [2.24, 2.45) is 10.8 Å². The molecule has 0 N–H and O–H groups in total. The molecule has 0 saturated carbocycles. The highest BCUT2D eigenvalue weighted by Gasteiger charge is 2.72. The molecule has 32 heavy (non-hydrogen) atoms. The van der Waals surface area contributed by atoms with Gasteiger partial charge in [-0.1, -0.05) is 100 Å². The molecule has 1 aliphatic carbocycles. The molecule has 1 aliphatic heterocycles. The third-order valence-corrected chi connectivity index (χ3v) is 13.5. The van der Waals surface area contributed by atoms with Crippen LogP contribution in [-0.4, -0.2) is 20.3 Å². The quantitative estimate of drug-likeness (QED) is 0.265. The Bertz CT molecular complexity index is 706. The molecule has 184 valence electrons. The molecule has 2 nitrogen and oxygen atoms in total. The maximum atomic E-state index is 7.68. The maximum absolute atomic E-state index is 7.68. The van der Waals surface area contributed by atoms with Gasteiger partial charge >= 0.3 is 8.56 Å². The van der Waals surface area contributed by atoms with Crippen LogP contribution in [0.5, 0.6) is 0 Å². The van der Waals surface area contributed by atoms with Crippen molar-refractivity contribution in [2.75, 3.05) is 0 Å². The molecule has 0 aromatic rings. The Morgan fingerprint density at radius 2 is 1.69 bits per heavy atom. The Balaban J connectivity index is 2.87. The van der Waals surface area contributed by atoms with Gasteiger partial charge in [-0.3, -0.25) is 0 Å². The van der Waals surface area contributed by atoms with Crippen LogP contribution >= 0.6 is 0 Å². The SMILES string of the molecule is C=CCC(C)(C)[C@@]1(CCCC)O[Si](C(C)(C)C)(C(C)(C)C)O[C@@H]1C1=CCCC[C@]1(C)C=C. The van der Waals surface area contributed by atoms with Crippen molar-refractivity contribution in [1.29, 1.82) is 0 Å². The van der Waals surface area contributed by atoms with Gasteiger partial charge in [0, 0.05) is 15.5 Å². The molecule has 2 aliphatic rings. The Morgan fingerprint density at radius 3 is 2.16 bits per heavy atom. The lowest BCUT2D eigenvalue weighted by molar-refractivity contribution is -0.0688. The van der Waals surface area contributed by atoms with Crippen LogP contribution in [0.3, 0.4) is 0 Å². The average Bonchev–Trinajstić information content (AvgIpc) is 3.05. The van der Waals surface area contributed by atoms with E-state index in [9.17, 15) is 0 Å². The van der Waals surface area contributed by atoms with Gasteiger partial charge in [0.05, 0.1) is 11.7 Å². The molecule has 2 rings (SSSR count). The average molecular weight is 461 g/mol. The first-order valence-corrected chi connectivity index (χ1v) is 14.7. The summed E-state index contributed by atoms with van der Waals surface area (Å²) < 4.78 is 15.2. The van der Waals surface area contributed by atoms with Crippen LogP contribution in [0.2, 0.25) is 10.1 Å². The first-order chi connectivity index (χ1) is 14.6. The molecule has 0 aromatic carbocycles. The summed E-state index contributed by atoms with van der Waals surface area (Å²) in [6.45, 7) is 31.8. The van der Waals surface area contributed by atoms with Gasteiger partial charge in [0.2, 0.25) is 0 Å². The van der Waals surface area contributed by atoms with E-state index in [4.69, 9.17) is 8.85 Å². The van der Waals surface area contributed by atoms with E-state index in [-0.39, 0.29) is 32.6 Å². The summed E-state index contributed by atoms with van der Waals surface area (Å²) in [4.78, 5) is 0. The maximum Gasteiger partial charge on any atom is 0.350 e. The highest BCUT2D eigenvalue weighted by atomic mass is 28.4. The Labute approximate surface area is 201 Å². The van der Waals surface area contributed by atoms with Gasteiger partial charge < -0.3 is 8.85 Å². The van der Waals surface area contributed by atoms with Gasteiger partial charge in [-0.25, -0.2) is 0 Å². The van der Waals surface area contributed by atoms with Crippen LogP contribution in [0.25, 0.3) is 0 Å². The summed E-state index contributed by atoms with van der Waals surface area (Å²) in [5.41, 5.74) is 0.890. The lowest BCUT2D eigenvalue weighted by Gasteiger charge is -2.51. The lowest BCUT2D eigenvalue weighted by atomic mass is 9.61. The number of hydrogen-bond donors (Lipinski definition) is 0. The fourth-order valence-corrected chi connectivity index (χ4v) is 11.7. The van der Waals surface area contributed by atoms with E-state index < -0.39 is 8.56 Å². The molecule has 0 bridgehead atoms. The van der Waals surface area contributed by atoms with Crippen LogP contribution in [0.1, 0.15) is 114 Å². The molecule has 0 unspecified atom stereocenters. The molecule has 3 atom stereocenters. The van der Waals surface area contributed by atoms with Crippen molar-refractivity contribution in [1.82, 2.24) is 0 Å². The van der Waals surface area contributed by atoms with Crippen molar-refractivity contribution in [3.05, 3.63) is 37.0 Å². The molecule has 0 amide bonds. The molecule has 0 radical (unpaired) electrons. The zero-order valence-corrected chi connectivity index (χ0v) is 24.0. The molecule has 1 heterocycles. The summed E-state index contributed by atoms with van der Waals surface area (Å²) >= 11 is 0.